The van der Waals surface area contributed by atoms with E-state index in [1.807, 2.05) is 16.8 Å². The summed E-state index contributed by atoms with van der Waals surface area (Å²) < 4.78 is 32.0. The molecule has 0 aliphatic carbocycles. The number of esters is 1. The van der Waals surface area contributed by atoms with Gasteiger partial charge in [-0.3, -0.25) is 4.79 Å². The van der Waals surface area contributed by atoms with Crippen molar-refractivity contribution < 1.29 is 22.7 Å². The van der Waals surface area contributed by atoms with Gasteiger partial charge in [0.25, 0.3) is 0 Å². The predicted molar refractivity (Wildman–Crippen MR) is 110 cm³/mol. The summed E-state index contributed by atoms with van der Waals surface area (Å²) >= 11 is 1.61. The number of nitrogens with zero attached hydrogens (tertiary/aromatic N) is 2. The molecule has 0 saturated carbocycles. The van der Waals surface area contributed by atoms with Crippen molar-refractivity contribution in [1.82, 2.24) is 9.21 Å². The van der Waals surface area contributed by atoms with Gasteiger partial charge in [0.15, 0.2) is 0 Å². The normalized spacial score (nSPS) is 15.3. The van der Waals surface area contributed by atoms with Gasteiger partial charge in [-0.05, 0) is 60.0 Å². The van der Waals surface area contributed by atoms with E-state index in [1.54, 1.807) is 23.2 Å². The molecular weight excluding hydrogens is 412 g/mol. The lowest BCUT2D eigenvalue weighted by Gasteiger charge is -2.34. The highest BCUT2D eigenvalue weighted by atomic mass is 32.2. The number of carbonyl (C=O) groups excluding carboxylic acids is 2. The fraction of sp³-hybridized carbons (Fsp3) is 0.400. The molecule has 1 aliphatic heterocycles. The number of carbonyl (C=O) groups is 2. The Balaban J connectivity index is 1.56. The SMILES string of the molecule is CCOC(=O)c1ccc(S(=O)(=O)N2CCN(C(=O)CCc3ccsc3)CC2)cc1. The summed E-state index contributed by atoms with van der Waals surface area (Å²) in [4.78, 5) is 26.0. The Kier molecular flexibility index (Phi) is 7.05. The second-order valence-electron chi connectivity index (χ2n) is 6.66. The van der Waals surface area contributed by atoms with Crippen molar-refractivity contribution in [3.63, 3.8) is 0 Å². The zero-order valence-corrected chi connectivity index (χ0v) is 17.9. The molecule has 1 aromatic carbocycles. The fourth-order valence-electron chi connectivity index (χ4n) is 3.15. The molecule has 1 aliphatic rings. The van der Waals surface area contributed by atoms with Crippen molar-refractivity contribution in [2.45, 2.75) is 24.7 Å². The maximum atomic E-state index is 12.9. The number of hydrogen-bond donors (Lipinski definition) is 0. The Morgan fingerprint density at radius 3 is 2.34 bits per heavy atom. The number of ether oxygens (including phenoxy) is 1. The molecule has 156 valence electrons. The quantitative estimate of drug-likeness (QED) is 0.623. The Labute approximate surface area is 174 Å². The van der Waals surface area contributed by atoms with Gasteiger partial charge in [-0.15, -0.1) is 0 Å². The molecule has 0 unspecified atom stereocenters. The monoisotopic (exact) mass is 436 g/mol. The molecule has 2 heterocycles. The molecule has 0 spiro atoms. The standard InChI is InChI=1S/C20H24N2O5S2/c1-2-27-20(24)17-4-6-18(7-5-17)29(25,26)22-12-10-21(11-13-22)19(23)8-3-16-9-14-28-15-16/h4-7,9,14-15H,2-3,8,10-13H2,1H3. The predicted octanol–water partition coefficient (Wildman–Crippen LogP) is 2.39. The summed E-state index contributed by atoms with van der Waals surface area (Å²) in [6.45, 7) is 3.24. The van der Waals surface area contributed by atoms with Gasteiger partial charge in [-0.25, -0.2) is 13.2 Å². The molecule has 1 amide bonds. The molecule has 0 radical (unpaired) electrons. The minimum Gasteiger partial charge on any atom is -0.462 e. The van der Waals surface area contributed by atoms with Crippen molar-refractivity contribution in [2.75, 3.05) is 32.8 Å². The van der Waals surface area contributed by atoms with Crippen molar-refractivity contribution in [3.8, 4) is 0 Å². The van der Waals surface area contributed by atoms with E-state index in [2.05, 4.69) is 0 Å². The molecule has 7 nitrogen and oxygen atoms in total. The first-order valence-corrected chi connectivity index (χ1v) is 11.9. The first-order valence-electron chi connectivity index (χ1n) is 9.48. The lowest BCUT2D eigenvalue weighted by Crippen LogP contribution is -2.50. The molecule has 1 saturated heterocycles. The molecular formula is C20H24N2O5S2. The molecule has 1 fully saturated rings. The van der Waals surface area contributed by atoms with Crippen LogP contribution in [-0.4, -0.2) is 62.3 Å². The zero-order valence-electron chi connectivity index (χ0n) is 16.2. The van der Waals surface area contributed by atoms with E-state index in [4.69, 9.17) is 4.74 Å². The number of piperazine rings is 1. The highest BCUT2D eigenvalue weighted by Gasteiger charge is 2.30. The van der Waals surface area contributed by atoms with Gasteiger partial charge >= 0.3 is 5.97 Å². The van der Waals surface area contributed by atoms with Crippen molar-refractivity contribution in [3.05, 3.63) is 52.2 Å². The Morgan fingerprint density at radius 2 is 1.76 bits per heavy atom. The van der Waals surface area contributed by atoms with Gasteiger partial charge in [-0.1, -0.05) is 0 Å². The lowest BCUT2D eigenvalue weighted by atomic mass is 10.1. The lowest BCUT2D eigenvalue weighted by molar-refractivity contribution is -0.132. The number of thiophene rings is 1. The van der Waals surface area contributed by atoms with Crippen LogP contribution in [0.2, 0.25) is 0 Å². The van der Waals surface area contributed by atoms with Crippen LogP contribution in [0.25, 0.3) is 0 Å². The first kappa shape index (κ1) is 21.5. The van der Waals surface area contributed by atoms with Crippen LogP contribution in [0.15, 0.2) is 46.0 Å². The maximum absolute atomic E-state index is 12.9. The van der Waals surface area contributed by atoms with Crippen LogP contribution < -0.4 is 0 Å². The van der Waals surface area contributed by atoms with Gasteiger partial charge in [0.2, 0.25) is 15.9 Å². The minimum absolute atomic E-state index is 0.0482. The van der Waals surface area contributed by atoms with E-state index in [1.165, 1.54) is 28.6 Å². The number of hydrogen-bond acceptors (Lipinski definition) is 6. The van der Waals surface area contributed by atoms with E-state index in [9.17, 15) is 18.0 Å². The third-order valence-corrected chi connectivity index (χ3v) is 7.45. The number of aryl methyl sites for hydroxylation is 1. The Hall–Kier alpha value is -2.23. The molecule has 29 heavy (non-hydrogen) atoms. The molecule has 1 aromatic heterocycles. The fourth-order valence-corrected chi connectivity index (χ4v) is 5.27. The highest BCUT2D eigenvalue weighted by Crippen LogP contribution is 2.19. The summed E-state index contributed by atoms with van der Waals surface area (Å²) in [6.07, 6.45) is 1.13. The van der Waals surface area contributed by atoms with Crippen LogP contribution in [0.1, 0.15) is 29.3 Å². The van der Waals surface area contributed by atoms with Crippen LogP contribution in [-0.2, 0) is 26.0 Å². The minimum atomic E-state index is -3.67. The number of benzene rings is 1. The summed E-state index contributed by atoms with van der Waals surface area (Å²) in [6, 6.07) is 7.75. The summed E-state index contributed by atoms with van der Waals surface area (Å²) in [5.74, 6) is -0.432. The smallest absolute Gasteiger partial charge is 0.338 e. The van der Waals surface area contributed by atoms with Gasteiger partial charge < -0.3 is 9.64 Å². The molecule has 0 atom stereocenters. The molecule has 0 N–H and O–H groups in total. The van der Waals surface area contributed by atoms with E-state index in [-0.39, 0.29) is 30.5 Å². The Morgan fingerprint density at radius 1 is 1.07 bits per heavy atom. The molecule has 3 rings (SSSR count). The Bertz CT molecular complexity index is 932. The van der Waals surface area contributed by atoms with Crippen LogP contribution in [0.5, 0.6) is 0 Å². The van der Waals surface area contributed by atoms with Gasteiger partial charge in [0, 0.05) is 32.6 Å². The average molecular weight is 437 g/mol. The van der Waals surface area contributed by atoms with E-state index < -0.39 is 16.0 Å². The molecule has 0 bridgehead atoms. The topological polar surface area (TPSA) is 84.0 Å². The average Bonchev–Trinajstić information content (AvgIpc) is 3.26. The highest BCUT2D eigenvalue weighted by molar-refractivity contribution is 7.89. The van der Waals surface area contributed by atoms with Gasteiger partial charge in [0.05, 0.1) is 17.1 Å². The number of rotatable bonds is 7. The van der Waals surface area contributed by atoms with Crippen LogP contribution in [0, 0.1) is 0 Å². The number of amides is 1. The summed E-state index contributed by atoms with van der Waals surface area (Å²) in [5.41, 5.74) is 1.46. The molecule has 2 aromatic rings. The number of sulfonamides is 1. The van der Waals surface area contributed by atoms with E-state index in [0.717, 1.165) is 5.56 Å². The van der Waals surface area contributed by atoms with Gasteiger partial charge in [0.1, 0.15) is 0 Å². The third kappa shape index (κ3) is 5.23. The van der Waals surface area contributed by atoms with Crippen LogP contribution in [0.4, 0.5) is 0 Å². The van der Waals surface area contributed by atoms with Crippen LogP contribution >= 0.6 is 11.3 Å². The zero-order chi connectivity index (χ0) is 20.9. The summed E-state index contributed by atoms with van der Waals surface area (Å²) in [5, 5.41) is 4.02. The maximum Gasteiger partial charge on any atom is 0.338 e. The van der Waals surface area contributed by atoms with Crippen molar-refractivity contribution in [1.29, 1.82) is 0 Å². The second kappa shape index (κ2) is 9.51. The van der Waals surface area contributed by atoms with Crippen LogP contribution in [0.3, 0.4) is 0 Å². The van der Waals surface area contributed by atoms with E-state index >= 15 is 0 Å². The third-order valence-electron chi connectivity index (χ3n) is 4.80. The summed E-state index contributed by atoms with van der Waals surface area (Å²) in [7, 11) is -3.67. The van der Waals surface area contributed by atoms with E-state index in [0.29, 0.717) is 31.5 Å². The molecule has 9 heteroatoms. The van der Waals surface area contributed by atoms with Crippen molar-refractivity contribution in [2.24, 2.45) is 0 Å². The first-order chi connectivity index (χ1) is 13.9. The largest absolute Gasteiger partial charge is 0.462 e. The van der Waals surface area contributed by atoms with Crippen molar-refractivity contribution >= 4 is 33.2 Å². The second-order valence-corrected chi connectivity index (χ2v) is 9.38. The van der Waals surface area contributed by atoms with Gasteiger partial charge in [-0.2, -0.15) is 15.6 Å².